The molecule has 1 spiro atoms. The van der Waals surface area contributed by atoms with E-state index in [9.17, 15) is 9.59 Å². The SMILES string of the molecule is CCC(=O)N1[C@H](C(=O)NCCN(C)C)CO[C@]12CCC[C@H](C)C2. The van der Waals surface area contributed by atoms with Gasteiger partial charge in [-0.2, -0.15) is 0 Å². The maximum absolute atomic E-state index is 12.6. The molecule has 132 valence electrons. The molecule has 0 aromatic heterocycles. The van der Waals surface area contributed by atoms with E-state index in [0.29, 0.717) is 25.5 Å². The lowest BCUT2D eigenvalue weighted by molar-refractivity contribution is -0.162. The van der Waals surface area contributed by atoms with E-state index in [-0.39, 0.29) is 11.8 Å². The molecule has 1 aliphatic carbocycles. The van der Waals surface area contributed by atoms with Crippen molar-refractivity contribution in [2.75, 3.05) is 33.8 Å². The number of rotatable bonds is 5. The third kappa shape index (κ3) is 4.04. The van der Waals surface area contributed by atoms with Crippen LogP contribution < -0.4 is 5.32 Å². The molecule has 2 rings (SSSR count). The van der Waals surface area contributed by atoms with E-state index in [4.69, 9.17) is 4.74 Å². The Morgan fingerprint density at radius 2 is 2.13 bits per heavy atom. The van der Waals surface area contributed by atoms with Crippen LogP contribution in [0.15, 0.2) is 0 Å². The molecule has 0 bridgehead atoms. The first-order chi connectivity index (χ1) is 10.9. The van der Waals surface area contributed by atoms with Gasteiger partial charge in [-0.3, -0.25) is 14.5 Å². The van der Waals surface area contributed by atoms with Gasteiger partial charge in [-0.25, -0.2) is 0 Å². The van der Waals surface area contributed by atoms with Gasteiger partial charge >= 0.3 is 0 Å². The van der Waals surface area contributed by atoms with Crippen LogP contribution in [-0.4, -0.2) is 67.2 Å². The summed E-state index contributed by atoms with van der Waals surface area (Å²) in [6.45, 7) is 5.72. The molecule has 1 saturated carbocycles. The molecule has 0 unspecified atom stereocenters. The molecule has 1 saturated heterocycles. The highest BCUT2D eigenvalue weighted by molar-refractivity contribution is 5.88. The van der Waals surface area contributed by atoms with Crippen LogP contribution in [0.2, 0.25) is 0 Å². The molecule has 2 amide bonds. The van der Waals surface area contributed by atoms with Gasteiger partial charge in [0, 0.05) is 19.5 Å². The summed E-state index contributed by atoms with van der Waals surface area (Å²) in [5.74, 6) is 0.444. The minimum atomic E-state index is -0.561. The lowest BCUT2D eigenvalue weighted by Gasteiger charge is -2.43. The molecular formula is C17H31N3O3. The van der Waals surface area contributed by atoms with Crippen LogP contribution in [0.1, 0.15) is 46.0 Å². The summed E-state index contributed by atoms with van der Waals surface area (Å²) in [6.07, 6.45) is 4.29. The van der Waals surface area contributed by atoms with Crippen LogP contribution in [-0.2, 0) is 14.3 Å². The van der Waals surface area contributed by atoms with Crippen molar-refractivity contribution in [3.63, 3.8) is 0 Å². The molecule has 2 aliphatic rings. The molecule has 2 fully saturated rings. The fourth-order valence-electron chi connectivity index (χ4n) is 3.77. The van der Waals surface area contributed by atoms with Gasteiger partial charge in [-0.1, -0.05) is 20.3 Å². The van der Waals surface area contributed by atoms with Crippen LogP contribution in [0.5, 0.6) is 0 Å². The van der Waals surface area contributed by atoms with Gasteiger partial charge in [-0.05, 0) is 39.3 Å². The average molecular weight is 325 g/mol. The molecule has 1 N–H and O–H groups in total. The Morgan fingerprint density at radius 3 is 2.74 bits per heavy atom. The Kier molecular flexibility index (Phi) is 6.03. The zero-order valence-electron chi connectivity index (χ0n) is 14.9. The van der Waals surface area contributed by atoms with Crippen LogP contribution in [0.3, 0.4) is 0 Å². The maximum Gasteiger partial charge on any atom is 0.245 e. The normalized spacial score (nSPS) is 30.9. The van der Waals surface area contributed by atoms with E-state index in [2.05, 4.69) is 12.2 Å². The summed E-state index contributed by atoms with van der Waals surface area (Å²) >= 11 is 0. The molecule has 0 radical (unpaired) electrons. The summed E-state index contributed by atoms with van der Waals surface area (Å²) in [4.78, 5) is 28.9. The molecule has 0 aromatic rings. The van der Waals surface area contributed by atoms with Crippen molar-refractivity contribution in [1.29, 1.82) is 0 Å². The van der Waals surface area contributed by atoms with E-state index in [0.717, 1.165) is 25.8 Å². The van der Waals surface area contributed by atoms with Gasteiger partial charge in [-0.15, -0.1) is 0 Å². The lowest BCUT2D eigenvalue weighted by Crippen LogP contribution is -2.57. The highest BCUT2D eigenvalue weighted by Gasteiger charge is 2.53. The largest absolute Gasteiger partial charge is 0.353 e. The number of hydrogen-bond donors (Lipinski definition) is 1. The van der Waals surface area contributed by atoms with Gasteiger partial charge in [0.2, 0.25) is 11.8 Å². The predicted molar refractivity (Wildman–Crippen MR) is 88.8 cm³/mol. The molecule has 0 aromatic carbocycles. The van der Waals surface area contributed by atoms with E-state index in [1.807, 2.05) is 25.9 Å². The zero-order chi connectivity index (χ0) is 17.0. The van der Waals surface area contributed by atoms with Crippen molar-refractivity contribution in [1.82, 2.24) is 15.1 Å². The van der Waals surface area contributed by atoms with E-state index >= 15 is 0 Å². The topological polar surface area (TPSA) is 61.9 Å². The van der Waals surface area contributed by atoms with Gasteiger partial charge in [0.15, 0.2) is 0 Å². The van der Waals surface area contributed by atoms with E-state index in [1.165, 1.54) is 6.42 Å². The van der Waals surface area contributed by atoms with Crippen molar-refractivity contribution >= 4 is 11.8 Å². The second-order valence-electron chi connectivity index (χ2n) is 7.19. The number of amides is 2. The number of ether oxygens (including phenoxy) is 1. The van der Waals surface area contributed by atoms with E-state index < -0.39 is 11.8 Å². The second-order valence-corrected chi connectivity index (χ2v) is 7.19. The predicted octanol–water partition coefficient (Wildman–Crippen LogP) is 1.21. The lowest BCUT2D eigenvalue weighted by atomic mass is 9.83. The third-order valence-corrected chi connectivity index (χ3v) is 4.92. The van der Waals surface area contributed by atoms with Crippen LogP contribution in [0, 0.1) is 5.92 Å². The first-order valence-electron chi connectivity index (χ1n) is 8.78. The Morgan fingerprint density at radius 1 is 1.39 bits per heavy atom. The Labute approximate surface area is 139 Å². The number of likely N-dealkylation sites (N-methyl/N-ethyl adjacent to an activating group) is 1. The number of nitrogens with zero attached hydrogens (tertiary/aromatic N) is 2. The van der Waals surface area contributed by atoms with Gasteiger partial charge < -0.3 is 15.0 Å². The van der Waals surface area contributed by atoms with Crippen molar-refractivity contribution in [2.45, 2.75) is 57.7 Å². The smallest absolute Gasteiger partial charge is 0.245 e. The first-order valence-corrected chi connectivity index (χ1v) is 8.78. The summed E-state index contributed by atoms with van der Waals surface area (Å²) in [7, 11) is 3.94. The standard InChI is InChI=1S/C17H31N3O3/c1-5-15(21)20-14(16(22)18-9-10-19(3)4)12-23-17(20)8-6-7-13(2)11-17/h13-14H,5-12H2,1-4H3,(H,18,22)/t13-,14-,17-/m0/s1. The van der Waals surface area contributed by atoms with Crippen molar-refractivity contribution in [3.8, 4) is 0 Å². The quantitative estimate of drug-likeness (QED) is 0.825. The molecule has 6 heteroatoms. The Hall–Kier alpha value is -1.14. The molecule has 1 aliphatic heterocycles. The van der Waals surface area contributed by atoms with Crippen molar-refractivity contribution in [3.05, 3.63) is 0 Å². The van der Waals surface area contributed by atoms with Crippen LogP contribution in [0.25, 0.3) is 0 Å². The monoisotopic (exact) mass is 325 g/mol. The maximum atomic E-state index is 12.6. The third-order valence-electron chi connectivity index (χ3n) is 4.92. The highest BCUT2D eigenvalue weighted by Crippen LogP contribution is 2.42. The van der Waals surface area contributed by atoms with Crippen LogP contribution >= 0.6 is 0 Å². The van der Waals surface area contributed by atoms with Gasteiger partial charge in [0.1, 0.15) is 11.8 Å². The van der Waals surface area contributed by atoms with E-state index in [1.54, 1.807) is 4.90 Å². The fraction of sp³-hybridized carbons (Fsp3) is 0.882. The molecular weight excluding hydrogens is 294 g/mol. The zero-order valence-corrected chi connectivity index (χ0v) is 14.9. The molecule has 6 nitrogen and oxygen atoms in total. The minimum Gasteiger partial charge on any atom is -0.353 e. The van der Waals surface area contributed by atoms with Gasteiger partial charge in [0.25, 0.3) is 0 Å². The summed E-state index contributed by atoms with van der Waals surface area (Å²) in [5.41, 5.74) is -0.561. The van der Waals surface area contributed by atoms with Gasteiger partial charge in [0.05, 0.1) is 6.61 Å². The second kappa shape index (κ2) is 7.62. The molecule has 3 atom stereocenters. The summed E-state index contributed by atoms with van der Waals surface area (Å²) in [6, 6.07) is -0.491. The molecule has 23 heavy (non-hydrogen) atoms. The van der Waals surface area contributed by atoms with Crippen molar-refractivity contribution < 1.29 is 14.3 Å². The number of carbonyl (C=O) groups is 2. The highest BCUT2D eigenvalue weighted by atomic mass is 16.5. The molecule has 1 heterocycles. The van der Waals surface area contributed by atoms with Crippen molar-refractivity contribution in [2.24, 2.45) is 5.92 Å². The first kappa shape index (κ1) is 18.2. The number of nitrogens with one attached hydrogen (secondary N) is 1. The summed E-state index contributed by atoms with van der Waals surface area (Å²) in [5, 5.41) is 2.94. The fourth-order valence-corrected chi connectivity index (χ4v) is 3.77. The average Bonchev–Trinajstić information content (AvgIpc) is 2.84. The summed E-state index contributed by atoms with van der Waals surface area (Å²) < 4.78 is 6.08. The van der Waals surface area contributed by atoms with Crippen LogP contribution in [0.4, 0.5) is 0 Å². The minimum absolute atomic E-state index is 0.0179. The Bertz CT molecular complexity index is 441. The Balaban J connectivity index is 2.10. The number of hydrogen-bond acceptors (Lipinski definition) is 4. The number of carbonyl (C=O) groups excluding carboxylic acids is 2.